The van der Waals surface area contributed by atoms with Crippen molar-refractivity contribution in [2.24, 2.45) is 5.92 Å². The van der Waals surface area contributed by atoms with Crippen molar-refractivity contribution < 1.29 is 4.74 Å². The molecule has 0 aromatic carbocycles. The Bertz CT molecular complexity index is 462. The van der Waals surface area contributed by atoms with Crippen LogP contribution in [0.4, 0.5) is 0 Å². The van der Waals surface area contributed by atoms with Crippen LogP contribution in [-0.4, -0.2) is 15.7 Å². The quantitative estimate of drug-likeness (QED) is 0.733. The number of nitrogens with one attached hydrogen (secondary N) is 1. The molecule has 3 unspecified atom stereocenters. The third-order valence-electron chi connectivity index (χ3n) is 2.69. The smallest absolute Gasteiger partial charge is 0.330 e. The van der Waals surface area contributed by atoms with Gasteiger partial charge >= 0.3 is 5.69 Å². The summed E-state index contributed by atoms with van der Waals surface area (Å²) in [6.45, 7) is 4.01. The zero-order chi connectivity index (χ0) is 11.0. The molecular formula is C10H14N2O3. The highest BCUT2D eigenvalue weighted by atomic mass is 16.5. The fraction of sp³-hybridized carbons (Fsp3) is 0.600. The van der Waals surface area contributed by atoms with Crippen LogP contribution in [0.3, 0.4) is 0 Å². The van der Waals surface area contributed by atoms with Crippen LogP contribution in [0.5, 0.6) is 0 Å². The van der Waals surface area contributed by atoms with Crippen LogP contribution in [0, 0.1) is 5.92 Å². The van der Waals surface area contributed by atoms with Crippen molar-refractivity contribution in [2.45, 2.75) is 32.6 Å². The molecule has 1 aliphatic heterocycles. The molecule has 5 heteroatoms. The highest BCUT2D eigenvalue weighted by molar-refractivity contribution is 4.87. The standard InChI is InChI=1S/C10H14N2O3/c1-6-5-7(2)15-9(6)12-4-3-8(13)11-10(12)14/h3-4,6-7,9H,5H2,1-2H3,(H,11,13,14). The lowest BCUT2D eigenvalue weighted by atomic mass is 10.1. The molecule has 15 heavy (non-hydrogen) atoms. The maximum atomic E-state index is 11.5. The SMILES string of the molecule is CC1CC(C)C(n2ccc(=O)[nH]c2=O)O1. The Labute approximate surface area is 86.7 Å². The minimum atomic E-state index is -0.409. The first-order chi connectivity index (χ1) is 7.08. The summed E-state index contributed by atoms with van der Waals surface area (Å²) in [5, 5.41) is 0. The maximum absolute atomic E-state index is 11.5. The van der Waals surface area contributed by atoms with E-state index in [0.717, 1.165) is 6.42 Å². The predicted molar refractivity (Wildman–Crippen MR) is 54.7 cm³/mol. The number of hydrogen-bond acceptors (Lipinski definition) is 3. The second-order valence-electron chi connectivity index (χ2n) is 4.07. The average Bonchev–Trinajstić information content (AvgIpc) is 2.45. The first-order valence-electron chi connectivity index (χ1n) is 5.05. The molecule has 1 aromatic heterocycles. The van der Waals surface area contributed by atoms with E-state index >= 15 is 0 Å². The molecule has 0 radical (unpaired) electrons. The molecular weight excluding hydrogens is 196 g/mol. The van der Waals surface area contributed by atoms with Crippen molar-refractivity contribution in [2.75, 3.05) is 0 Å². The van der Waals surface area contributed by atoms with Crippen LogP contribution in [-0.2, 0) is 4.74 Å². The van der Waals surface area contributed by atoms with Gasteiger partial charge in [-0.3, -0.25) is 14.3 Å². The van der Waals surface area contributed by atoms with Crippen molar-refractivity contribution in [3.63, 3.8) is 0 Å². The summed E-state index contributed by atoms with van der Waals surface area (Å²) in [6.07, 6.45) is 2.31. The Morgan fingerprint density at radius 3 is 2.73 bits per heavy atom. The monoisotopic (exact) mass is 210 g/mol. The molecule has 1 aliphatic rings. The lowest BCUT2D eigenvalue weighted by Crippen LogP contribution is -2.33. The normalized spacial score (nSPS) is 30.7. The van der Waals surface area contributed by atoms with Crippen LogP contribution in [0.15, 0.2) is 21.9 Å². The van der Waals surface area contributed by atoms with Crippen molar-refractivity contribution in [1.29, 1.82) is 0 Å². The van der Waals surface area contributed by atoms with E-state index in [0.29, 0.717) is 0 Å². The molecule has 0 saturated carbocycles. The van der Waals surface area contributed by atoms with E-state index in [4.69, 9.17) is 4.74 Å². The molecule has 0 amide bonds. The van der Waals surface area contributed by atoms with Gasteiger partial charge in [-0.15, -0.1) is 0 Å². The third kappa shape index (κ3) is 1.87. The first-order valence-corrected chi connectivity index (χ1v) is 5.05. The fourth-order valence-electron chi connectivity index (χ4n) is 2.04. The van der Waals surface area contributed by atoms with Gasteiger partial charge in [0, 0.05) is 18.2 Å². The van der Waals surface area contributed by atoms with E-state index in [1.54, 1.807) is 0 Å². The summed E-state index contributed by atoms with van der Waals surface area (Å²) in [4.78, 5) is 24.6. The number of nitrogens with zero attached hydrogens (tertiary/aromatic N) is 1. The lowest BCUT2D eigenvalue weighted by molar-refractivity contribution is -0.00556. The van der Waals surface area contributed by atoms with Crippen LogP contribution in [0.2, 0.25) is 0 Å². The molecule has 0 bridgehead atoms. The van der Waals surface area contributed by atoms with Gasteiger partial charge in [0.25, 0.3) is 5.56 Å². The number of H-pyrrole nitrogens is 1. The second-order valence-corrected chi connectivity index (χ2v) is 4.07. The summed E-state index contributed by atoms with van der Waals surface area (Å²) in [7, 11) is 0. The number of hydrogen-bond donors (Lipinski definition) is 1. The van der Waals surface area contributed by atoms with Gasteiger partial charge in [0.1, 0.15) is 6.23 Å². The number of ether oxygens (including phenoxy) is 1. The van der Waals surface area contributed by atoms with Gasteiger partial charge in [-0.25, -0.2) is 4.79 Å². The number of aromatic amines is 1. The molecule has 1 saturated heterocycles. The molecule has 1 N–H and O–H groups in total. The van der Waals surface area contributed by atoms with Crippen molar-refractivity contribution in [3.05, 3.63) is 33.1 Å². The van der Waals surface area contributed by atoms with Gasteiger partial charge in [0.2, 0.25) is 0 Å². The van der Waals surface area contributed by atoms with Crippen LogP contribution in [0.1, 0.15) is 26.5 Å². The Morgan fingerprint density at radius 2 is 2.20 bits per heavy atom. The fourth-order valence-corrected chi connectivity index (χ4v) is 2.04. The van der Waals surface area contributed by atoms with Crippen LogP contribution < -0.4 is 11.2 Å². The second kappa shape index (κ2) is 3.66. The Kier molecular flexibility index (Phi) is 2.48. The molecule has 2 rings (SSSR count). The number of aromatic nitrogens is 2. The van der Waals surface area contributed by atoms with Crippen molar-refractivity contribution in [3.8, 4) is 0 Å². The van der Waals surface area contributed by atoms with Crippen LogP contribution in [0.25, 0.3) is 0 Å². The van der Waals surface area contributed by atoms with Crippen molar-refractivity contribution >= 4 is 0 Å². The average molecular weight is 210 g/mol. The zero-order valence-corrected chi connectivity index (χ0v) is 8.77. The van der Waals surface area contributed by atoms with Gasteiger partial charge in [-0.1, -0.05) is 6.92 Å². The summed E-state index contributed by atoms with van der Waals surface area (Å²) < 4.78 is 7.06. The lowest BCUT2D eigenvalue weighted by Gasteiger charge is -2.17. The highest BCUT2D eigenvalue weighted by Crippen LogP contribution is 2.32. The minimum absolute atomic E-state index is 0.156. The maximum Gasteiger partial charge on any atom is 0.330 e. The molecule has 5 nitrogen and oxygen atoms in total. The Hall–Kier alpha value is -1.36. The van der Waals surface area contributed by atoms with E-state index < -0.39 is 5.69 Å². The summed E-state index contributed by atoms with van der Waals surface area (Å²) >= 11 is 0. The minimum Gasteiger partial charge on any atom is -0.355 e. The van der Waals surface area contributed by atoms with E-state index in [-0.39, 0.29) is 23.8 Å². The van der Waals surface area contributed by atoms with Gasteiger partial charge in [0.05, 0.1) is 6.10 Å². The Balaban J connectivity index is 2.38. The van der Waals surface area contributed by atoms with E-state index in [1.165, 1.54) is 16.8 Å². The van der Waals surface area contributed by atoms with E-state index in [2.05, 4.69) is 4.98 Å². The first kappa shape index (κ1) is 10.2. The van der Waals surface area contributed by atoms with Gasteiger partial charge < -0.3 is 4.74 Å². The zero-order valence-electron chi connectivity index (χ0n) is 8.77. The van der Waals surface area contributed by atoms with Crippen LogP contribution >= 0.6 is 0 Å². The Morgan fingerprint density at radius 1 is 1.47 bits per heavy atom. The molecule has 82 valence electrons. The largest absolute Gasteiger partial charge is 0.355 e. The molecule has 0 aliphatic carbocycles. The number of rotatable bonds is 1. The molecule has 2 heterocycles. The molecule has 1 aromatic rings. The molecule has 3 atom stereocenters. The van der Waals surface area contributed by atoms with Gasteiger partial charge in [-0.2, -0.15) is 0 Å². The molecule has 1 fully saturated rings. The van der Waals surface area contributed by atoms with E-state index in [1.807, 2.05) is 13.8 Å². The summed E-state index contributed by atoms with van der Waals surface area (Å²) in [6, 6.07) is 1.33. The topological polar surface area (TPSA) is 64.1 Å². The van der Waals surface area contributed by atoms with E-state index in [9.17, 15) is 9.59 Å². The van der Waals surface area contributed by atoms with Gasteiger partial charge in [0.15, 0.2) is 0 Å². The summed E-state index contributed by atoms with van der Waals surface area (Å²) in [5.41, 5.74) is -0.789. The third-order valence-corrected chi connectivity index (χ3v) is 2.69. The molecule has 0 spiro atoms. The highest BCUT2D eigenvalue weighted by Gasteiger charge is 2.31. The predicted octanol–water partition coefficient (Wildman–Crippen LogP) is 0.480. The van der Waals surface area contributed by atoms with Gasteiger partial charge in [-0.05, 0) is 13.3 Å². The van der Waals surface area contributed by atoms with Crippen molar-refractivity contribution in [1.82, 2.24) is 9.55 Å². The summed E-state index contributed by atoms with van der Waals surface area (Å²) in [5.74, 6) is 0.281.